The molecule has 2 rings (SSSR count). The Morgan fingerprint density at radius 1 is 1.38 bits per heavy atom. The molecular formula is C14H17BrN2O4. The summed E-state index contributed by atoms with van der Waals surface area (Å²) in [7, 11) is 0. The number of aliphatic hydroxyl groups is 1. The molecule has 1 aliphatic carbocycles. The Hall–Kier alpha value is -1.47. The number of halogens is 1. The van der Waals surface area contributed by atoms with E-state index in [0.29, 0.717) is 11.0 Å². The second kappa shape index (κ2) is 7.00. The van der Waals surface area contributed by atoms with Gasteiger partial charge >= 0.3 is 0 Å². The van der Waals surface area contributed by atoms with Crippen LogP contribution in [0.2, 0.25) is 0 Å². The van der Waals surface area contributed by atoms with Crippen molar-refractivity contribution in [1.29, 1.82) is 0 Å². The van der Waals surface area contributed by atoms with Crippen molar-refractivity contribution in [3.63, 3.8) is 0 Å². The van der Waals surface area contributed by atoms with Crippen molar-refractivity contribution in [2.45, 2.75) is 31.8 Å². The van der Waals surface area contributed by atoms with Gasteiger partial charge in [-0.1, -0.05) is 28.8 Å². The predicted molar refractivity (Wildman–Crippen MR) is 81.1 cm³/mol. The number of rotatable bonds is 4. The van der Waals surface area contributed by atoms with Crippen LogP contribution in [0.15, 0.2) is 22.7 Å². The number of nitro groups is 1. The number of nitrogens with one attached hydrogen (secondary N) is 1. The SMILES string of the molecule is O=C(NCC1CCCCC1O)c1cc(Br)cc([N+](=O)[O-])c1. The molecule has 0 bridgehead atoms. The van der Waals surface area contributed by atoms with E-state index in [1.807, 2.05) is 0 Å². The van der Waals surface area contributed by atoms with Gasteiger partial charge in [-0.15, -0.1) is 0 Å². The van der Waals surface area contributed by atoms with Crippen LogP contribution in [0.1, 0.15) is 36.0 Å². The van der Waals surface area contributed by atoms with Gasteiger partial charge in [0.1, 0.15) is 0 Å². The molecule has 1 aliphatic rings. The molecule has 0 aromatic heterocycles. The monoisotopic (exact) mass is 356 g/mol. The fourth-order valence-electron chi connectivity index (χ4n) is 2.56. The number of nitro benzene ring substituents is 1. The van der Waals surface area contributed by atoms with Gasteiger partial charge in [-0.2, -0.15) is 0 Å². The van der Waals surface area contributed by atoms with E-state index >= 15 is 0 Å². The zero-order valence-electron chi connectivity index (χ0n) is 11.4. The van der Waals surface area contributed by atoms with Crippen LogP contribution in [0, 0.1) is 16.0 Å². The molecule has 2 atom stereocenters. The van der Waals surface area contributed by atoms with Crippen LogP contribution >= 0.6 is 15.9 Å². The van der Waals surface area contributed by atoms with Crippen molar-refractivity contribution in [2.24, 2.45) is 5.92 Å². The molecule has 0 saturated heterocycles. The third kappa shape index (κ3) is 4.25. The van der Waals surface area contributed by atoms with Crippen molar-refractivity contribution < 1.29 is 14.8 Å². The van der Waals surface area contributed by atoms with E-state index in [2.05, 4.69) is 21.2 Å². The van der Waals surface area contributed by atoms with Gasteiger partial charge in [-0.3, -0.25) is 14.9 Å². The van der Waals surface area contributed by atoms with Crippen LogP contribution in [0.4, 0.5) is 5.69 Å². The average Bonchev–Trinajstić information content (AvgIpc) is 2.45. The van der Waals surface area contributed by atoms with Gasteiger partial charge < -0.3 is 10.4 Å². The van der Waals surface area contributed by atoms with Crippen molar-refractivity contribution in [3.05, 3.63) is 38.3 Å². The molecular weight excluding hydrogens is 340 g/mol. The molecule has 0 aliphatic heterocycles. The summed E-state index contributed by atoms with van der Waals surface area (Å²) in [5.74, 6) is -0.304. The number of nitrogens with zero attached hydrogens (tertiary/aromatic N) is 1. The average molecular weight is 357 g/mol. The smallest absolute Gasteiger partial charge is 0.271 e. The first-order chi connectivity index (χ1) is 9.97. The molecule has 1 amide bonds. The highest BCUT2D eigenvalue weighted by Crippen LogP contribution is 2.24. The molecule has 114 valence electrons. The molecule has 1 aromatic carbocycles. The summed E-state index contributed by atoms with van der Waals surface area (Å²) in [6, 6.07) is 4.14. The first kappa shape index (κ1) is 15.9. The Kier molecular flexibility index (Phi) is 5.30. The number of hydrogen-bond donors (Lipinski definition) is 2. The lowest BCUT2D eigenvalue weighted by Gasteiger charge is -2.27. The van der Waals surface area contributed by atoms with E-state index in [4.69, 9.17) is 0 Å². The maximum Gasteiger partial charge on any atom is 0.271 e. The van der Waals surface area contributed by atoms with Crippen LogP contribution < -0.4 is 5.32 Å². The zero-order valence-corrected chi connectivity index (χ0v) is 13.0. The van der Waals surface area contributed by atoms with Crippen LogP contribution in [0.5, 0.6) is 0 Å². The Morgan fingerprint density at radius 2 is 2.10 bits per heavy atom. The normalized spacial score (nSPS) is 21.8. The molecule has 7 heteroatoms. The number of benzene rings is 1. The van der Waals surface area contributed by atoms with Gasteiger partial charge in [0.2, 0.25) is 0 Å². The lowest BCUT2D eigenvalue weighted by atomic mass is 9.86. The van der Waals surface area contributed by atoms with Crippen molar-refractivity contribution in [1.82, 2.24) is 5.32 Å². The molecule has 21 heavy (non-hydrogen) atoms. The summed E-state index contributed by atoms with van der Waals surface area (Å²) in [4.78, 5) is 22.3. The van der Waals surface area contributed by atoms with E-state index in [1.54, 1.807) is 6.07 Å². The van der Waals surface area contributed by atoms with E-state index in [0.717, 1.165) is 25.7 Å². The highest BCUT2D eigenvalue weighted by molar-refractivity contribution is 9.10. The van der Waals surface area contributed by atoms with Gasteiger partial charge in [-0.25, -0.2) is 0 Å². The summed E-state index contributed by atoms with van der Waals surface area (Å²) in [6.07, 6.45) is 3.35. The molecule has 0 radical (unpaired) electrons. The zero-order chi connectivity index (χ0) is 15.4. The lowest BCUT2D eigenvalue weighted by molar-refractivity contribution is -0.385. The maximum absolute atomic E-state index is 12.1. The maximum atomic E-state index is 12.1. The fourth-order valence-corrected chi connectivity index (χ4v) is 3.04. The number of amides is 1. The molecule has 0 heterocycles. The van der Waals surface area contributed by atoms with Gasteiger partial charge in [-0.05, 0) is 18.9 Å². The highest BCUT2D eigenvalue weighted by Gasteiger charge is 2.23. The standard InChI is InChI=1S/C14H17BrN2O4/c15-11-5-10(6-12(7-11)17(20)21)14(19)16-8-9-3-1-2-4-13(9)18/h5-7,9,13,18H,1-4,8H2,(H,16,19). The predicted octanol–water partition coefficient (Wildman–Crippen LogP) is 2.64. The molecule has 2 unspecified atom stereocenters. The van der Waals surface area contributed by atoms with E-state index in [-0.39, 0.29) is 29.2 Å². The number of carbonyl (C=O) groups excluding carboxylic acids is 1. The third-order valence-corrected chi connectivity index (χ3v) is 4.21. The van der Waals surface area contributed by atoms with Crippen LogP contribution in [0.25, 0.3) is 0 Å². The molecule has 1 fully saturated rings. The van der Waals surface area contributed by atoms with Gasteiger partial charge in [0.15, 0.2) is 0 Å². The topological polar surface area (TPSA) is 92.5 Å². The molecule has 1 aromatic rings. The summed E-state index contributed by atoms with van der Waals surface area (Å²) < 4.78 is 0.486. The summed E-state index contributed by atoms with van der Waals surface area (Å²) >= 11 is 3.16. The number of aliphatic hydroxyl groups excluding tert-OH is 1. The summed E-state index contributed by atoms with van der Waals surface area (Å²) in [5, 5.41) is 23.4. The van der Waals surface area contributed by atoms with Gasteiger partial charge in [0.25, 0.3) is 11.6 Å². The number of hydrogen-bond acceptors (Lipinski definition) is 4. The van der Waals surface area contributed by atoms with E-state index in [9.17, 15) is 20.0 Å². The number of carbonyl (C=O) groups is 1. The van der Waals surface area contributed by atoms with Gasteiger partial charge in [0.05, 0.1) is 11.0 Å². The molecule has 6 nitrogen and oxygen atoms in total. The third-order valence-electron chi connectivity index (χ3n) is 3.75. The van der Waals surface area contributed by atoms with Gasteiger partial charge in [0, 0.05) is 34.6 Å². The van der Waals surface area contributed by atoms with Crippen LogP contribution in [-0.2, 0) is 0 Å². The Morgan fingerprint density at radius 3 is 2.76 bits per heavy atom. The molecule has 1 saturated carbocycles. The van der Waals surface area contributed by atoms with Crippen LogP contribution in [0.3, 0.4) is 0 Å². The fraction of sp³-hybridized carbons (Fsp3) is 0.500. The molecule has 2 N–H and O–H groups in total. The second-order valence-corrected chi connectivity index (χ2v) is 6.19. The Balaban J connectivity index is 2.01. The summed E-state index contributed by atoms with van der Waals surface area (Å²) in [6.45, 7) is 0.389. The summed E-state index contributed by atoms with van der Waals surface area (Å²) in [5.41, 5.74) is 0.105. The van der Waals surface area contributed by atoms with E-state index < -0.39 is 4.92 Å². The van der Waals surface area contributed by atoms with Crippen molar-refractivity contribution in [2.75, 3.05) is 6.54 Å². The molecule has 0 spiro atoms. The Labute approximate surface area is 130 Å². The number of non-ortho nitro benzene ring substituents is 1. The largest absolute Gasteiger partial charge is 0.393 e. The lowest BCUT2D eigenvalue weighted by Crippen LogP contribution is -2.36. The van der Waals surface area contributed by atoms with Crippen molar-refractivity contribution in [3.8, 4) is 0 Å². The minimum absolute atomic E-state index is 0.0600. The Bertz CT molecular complexity index is 550. The van der Waals surface area contributed by atoms with Crippen molar-refractivity contribution >= 4 is 27.5 Å². The second-order valence-electron chi connectivity index (χ2n) is 5.28. The first-order valence-electron chi connectivity index (χ1n) is 6.88. The first-order valence-corrected chi connectivity index (χ1v) is 7.68. The quantitative estimate of drug-likeness (QED) is 0.640. The van der Waals surface area contributed by atoms with Crippen LogP contribution in [-0.4, -0.2) is 28.6 Å². The minimum Gasteiger partial charge on any atom is -0.393 e. The van der Waals surface area contributed by atoms with E-state index in [1.165, 1.54) is 12.1 Å². The minimum atomic E-state index is -0.535. The highest BCUT2D eigenvalue weighted by atomic mass is 79.9.